The third kappa shape index (κ3) is 3.01. The zero-order valence-corrected chi connectivity index (χ0v) is 12.7. The van der Waals surface area contributed by atoms with Crippen molar-refractivity contribution < 1.29 is 0 Å². The van der Waals surface area contributed by atoms with Gasteiger partial charge in [0.2, 0.25) is 0 Å². The molecule has 0 radical (unpaired) electrons. The van der Waals surface area contributed by atoms with E-state index in [1.807, 2.05) is 13.1 Å². The Kier molecular flexibility index (Phi) is 4.03. The van der Waals surface area contributed by atoms with Crippen LogP contribution in [0.15, 0.2) is 12.3 Å². The molecule has 1 spiro atoms. The number of piperazine rings is 1. The standard InChI is InChI=1S/C16H26N4/c1-13-10-18-16(7-4-3-5-8-16)12-20(13)11-15-6-9-17-14(2)19-15/h6,9,13,18H,3-5,7-8,10-12H2,1-2H3. The molecule has 3 rings (SSSR count). The van der Waals surface area contributed by atoms with Gasteiger partial charge in [0.15, 0.2) is 0 Å². The average molecular weight is 274 g/mol. The molecule has 1 aliphatic carbocycles. The molecule has 1 aromatic heterocycles. The molecular formula is C16H26N4. The molecule has 1 saturated heterocycles. The molecule has 4 nitrogen and oxygen atoms in total. The molecule has 2 fully saturated rings. The number of rotatable bonds is 2. The van der Waals surface area contributed by atoms with Crippen LogP contribution < -0.4 is 5.32 Å². The summed E-state index contributed by atoms with van der Waals surface area (Å²) < 4.78 is 0. The predicted molar refractivity (Wildman–Crippen MR) is 80.5 cm³/mol. The fraction of sp³-hybridized carbons (Fsp3) is 0.750. The molecule has 0 bridgehead atoms. The zero-order valence-electron chi connectivity index (χ0n) is 12.7. The summed E-state index contributed by atoms with van der Waals surface area (Å²) in [6, 6.07) is 2.63. The van der Waals surface area contributed by atoms with Gasteiger partial charge in [-0.3, -0.25) is 4.90 Å². The van der Waals surface area contributed by atoms with Gasteiger partial charge in [0, 0.05) is 37.4 Å². The summed E-state index contributed by atoms with van der Waals surface area (Å²) in [5.41, 5.74) is 1.52. The van der Waals surface area contributed by atoms with Crippen LogP contribution in [0.3, 0.4) is 0 Å². The van der Waals surface area contributed by atoms with E-state index in [1.54, 1.807) is 0 Å². The first-order chi connectivity index (χ1) is 9.67. The first kappa shape index (κ1) is 14.0. The molecule has 110 valence electrons. The van der Waals surface area contributed by atoms with E-state index >= 15 is 0 Å². The van der Waals surface area contributed by atoms with Gasteiger partial charge in [-0.05, 0) is 32.8 Å². The minimum Gasteiger partial charge on any atom is -0.308 e. The minimum absolute atomic E-state index is 0.368. The Morgan fingerprint density at radius 2 is 2.15 bits per heavy atom. The van der Waals surface area contributed by atoms with Crippen LogP contribution in [-0.4, -0.2) is 39.5 Å². The number of nitrogens with one attached hydrogen (secondary N) is 1. The van der Waals surface area contributed by atoms with Crippen molar-refractivity contribution in [3.8, 4) is 0 Å². The average Bonchev–Trinajstić information content (AvgIpc) is 2.44. The molecule has 2 heterocycles. The van der Waals surface area contributed by atoms with E-state index in [1.165, 1.54) is 32.1 Å². The lowest BCUT2D eigenvalue weighted by Gasteiger charge is -2.49. The quantitative estimate of drug-likeness (QED) is 0.898. The SMILES string of the molecule is Cc1nccc(CN2CC3(CCCCC3)NCC2C)n1. The van der Waals surface area contributed by atoms with Crippen molar-refractivity contribution in [2.75, 3.05) is 13.1 Å². The predicted octanol–water partition coefficient (Wildman–Crippen LogP) is 2.28. The molecule has 1 aliphatic heterocycles. The van der Waals surface area contributed by atoms with E-state index < -0.39 is 0 Å². The fourth-order valence-corrected chi connectivity index (χ4v) is 3.67. The monoisotopic (exact) mass is 274 g/mol. The third-order valence-electron chi connectivity index (χ3n) is 4.91. The first-order valence-electron chi connectivity index (χ1n) is 7.95. The molecule has 2 aliphatic rings. The lowest BCUT2D eigenvalue weighted by Crippen LogP contribution is -2.63. The van der Waals surface area contributed by atoms with Gasteiger partial charge in [-0.1, -0.05) is 19.3 Å². The summed E-state index contributed by atoms with van der Waals surface area (Å²) >= 11 is 0. The van der Waals surface area contributed by atoms with Crippen LogP contribution in [0.5, 0.6) is 0 Å². The normalized spacial score (nSPS) is 26.8. The summed E-state index contributed by atoms with van der Waals surface area (Å²) in [6.45, 7) is 7.50. The molecule has 4 heteroatoms. The molecule has 0 amide bonds. The minimum atomic E-state index is 0.368. The zero-order chi connectivity index (χ0) is 14.0. The van der Waals surface area contributed by atoms with E-state index in [4.69, 9.17) is 0 Å². The van der Waals surface area contributed by atoms with Crippen molar-refractivity contribution in [3.63, 3.8) is 0 Å². The van der Waals surface area contributed by atoms with Crippen molar-refractivity contribution >= 4 is 0 Å². The summed E-state index contributed by atoms with van der Waals surface area (Å²) in [7, 11) is 0. The van der Waals surface area contributed by atoms with Crippen molar-refractivity contribution in [3.05, 3.63) is 23.8 Å². The van der Waals surface area contributed by atoms with Crippen LogP contribution in [0, 0.1) is 6.92 Å². The highest BCUT2D eigenvalue weighted by molar-refractivity contribution is 5.05. The van der Waals surface area contributed by atoms with Crippen molar-refractivity contribution in [1.82, 2.24) is 20.2 Å². The second-order valence-electron chi connectivity index (χ2n) is 6.57. The molecule has 20 heavy (non-hydrogen) atoms. The Hall–Kier alpha value is -1.00. The number of aryl methyl sites for hydroxylation is 1. The number of hydrogen-bond acceptors (Lipinski definition) is 4. The largest absolute Gasteiger partial charge is 0.308 e. The van der Waals surface area contributed by atoms with E-state index in [-0.39, 0.29) is 0 Å². The van der Waals surface area contributed by atoms with Gasteiger partial charge >= 0.3 is 0 Å². The lowest BCUT2D eigenvalue weighted by molar-refractivity contribution is 0.0564. The van der Waals surface area contributed by atoms with Gasteiger partial charge < -0.3 is 5.32 Å². The van der Waals surface area contributed by atoms with Crippen LogP contribution in [0.25, 0.3) is 0 Å². The van der Waals surface area contributed by atoms with Gasteiger partial charge in [-0.15, -0.1) is 0 Å². The van der Waals surface area contributed by atoms with Crippen molar-refractivity contribution in [2.24, 2.45) is 0 Å². The Morgan fingerprint density at radius 3 is 2.90 bits per heavy atom. The van der Waals surface area contributed by atoms with Crippen molar-refractivity contribution in [2.45, 2.75) is 64.1 Å². The number of aromatic nitrogens is 2. The van der Waals surface area contributed by atoms with Gasteiger partial charge in [0.25, 0.3) is 0 Å². The molecule has 1 N–H and O–H groups in total. The molecule has 1 unspecified atom stereocenters. The summed E-state index contributed by atoms with van der Waals surface area (Å²) in [5.74, 6) is 0.873. The smallest absolute Gasteiger partial charge is 0.125 e. The number of nitrogens with zero attached hydrogens (tertiary/aromatic N) is 3. The Morgan fingerprint density at radius 1 is 1.35 bits per heavy atom. The van der Waals surface area contributed by atoms with E-state index in [0.29, 0.717) is 11.6 Å². The topological polar surface area (TPSA) is 41.1 Å². The maximum absolute atomic E-state index is 4.56. The van der Waals surface area contributed by atoms with Crippen molar-refractivity contribution in [1.29, 1.82) is 0 Å². The molecular weight excluding hydrogens is 248 g/mol. The van der Waals surface area contributed by atoms with Crippen LogP contribution in [-0.2, 0) is 6.54 Å². The first-order valence-corrected chi connectivity index (χ1v) is 7.95. The highest BCUT2D eigenvalue weighted by Crippen LogP contribution is 2.32. The van der Waals surface area contributed by atoms with E-state index in [0.717, 1.165) is 31.2 Å². The lowest BCUT2D eigenvalue weighted by atomic mass is 9.79. The fourth-order valence-electron chi connectivity index (χ4n) is 3.67. The molecule has 1 aromatic rings. The molecule has 0 aromatic carbocycles. The number of hydrogen-bond donors (Lipinski definition) is 1. The van der Waals surface area contributed by atoms with Gasteiger partial charge in [-0.2, -0.15) is 0 Å². The maximum Gasteiger partial charge on any atom is 0.125 e. The van der Waals surface area contributed by atoms with Crippen LogP contribution in [0.2, 0.25) is 0 Å². The van der Waals surface area contributed by atoms with Gasteiger partial charge in [0.05, 0.1) is 5.69 Å². The Balaban J connectivity index is 1.70. The maximum atomic E-state index is 4.56. The molecule has 1 atom stereocenters. The summed E-state index contributed by atoms with van der Waals surface area (Å²) in [4.78, 5) is 11.4. The Bertz CT molecular complexity index is 454. The second-order valence-corrected chi connectivity index (χ2v) is 6.57. The molecule has 1 saturated carbocycles. The van der Waals surface area contributed by atoms with E-state index in [9.17, 15) is 0 Å². The van der Waals surface area contributed by atoms with Crippen LogP contribution >= 0.6 is 0 Å². The summed E-state index contributed by atoms with van der Waals surface area (Å²) in [6.07, 6.45) is 8.70. The van der Waals surface area contributed by atoms with Crippen LogP contribution in [0.4, 0.5) is 0 Å². The Labute approximate surface area is 122 Å². The summed E-state index contributed by atoms with van der Waals surface area (Å²) in [5, 5.41) is 3.84. The second kappa shape index (κ2) is 5.78. The van der Waals surface area contributed by atoms with Gasteiger partial charge in [0.1, 0.15) is 5.82 Å². The third-order valence-corrected chi connectivity index (χ3v) is 4.91. The highest BCUT2D eigenvalue weighted by Gasteiger charge is 2.38. The van der Waals surface area contributed by atoms with Crippen LogP contribution in [0.1, 0.15) is 50.5 Å². The van der Waals surface area contributed by atoms with E-state index in [2.05, 4.69) is 33.2 Å². The van der Waals surface area contributed by atoms with Gasteiger partial charge in [-0.25, -0.2) is 9.97 Å². The highest BCUT2D eigenvalue weighted by atomic mass is 15.3.